The summed E-state index contributed by atoms with van der Waals surface area (Å²) in [6.07, 6.45) is 1.72. The average molecular weight is 436 g/mol. The Bertz CT molecular complexity index is 997. The van der Waals surface area contributed by atoms with Gasteiger partial charge in [-0.1, -0.05) is 30.3 Å². The predicted molar refractivity (Wildman–Crippen MR) is 117 cm³/mol. The van der Waals surface area contributed by atoms with E-state index in [-0.39, 0.29) is 11.7 Å². The van der Waals surface area contributed by atoms with Crippen LogP contribution in [0.5, 0.6) is 0 Å². The molecular formula is C20H22ClN3O2S2. The van der Waals surface area contributed by atoms with Crippen molar-refractivity contribution < 1.29 is 9.59 Å². The summed E-state index contributed by atoms with van der Waals surface area (Å²) in [4.78, 5) is 30.1. The number of carbonyl (C=O) groups is 2. The fraction of sp³-hybridized carbons (Fsp3) is 0.350. The highest BCUT2D eigenvalue weighted by Gasteiger charge is 2.15. The average Bonchev–Trinajstić information content (AvgIpc) is 3.25. The van der Waals surface area contributed by atoms with Gasteiger partial charge in [0.15, 0.2) is 10.9 Å². The van der Waals surface area contributed by atoms with Crippen LogP contribution in [0, 0.1) is 0 Å². The number of imidazole rings is 1. The van der Waals surface area contributed by atoms with Gasteiger partial charge in [-0.05, 0) is 43.2 Å². The second-order valence-corrected chi connectivity index (χ2v) is 8.94. The summed E-state index contributed by atoms with van der Waals surface area (Å²) in [5.74, 6) is 0.390. The molecule has 2 heterocycles. The number of aryl methyl sites for hydroxylation is 1. The normalized spacial score (nSPS) is 11.1. The minimum absolute atomic E-state index is 0.0412. The number of Topliss-reactive ketones (excluding diaryl/α,β-unsaturated/α-hetero) is 1. The molecule has 0 atom stereocenters. The van der Waals surface area contributed by atoms with Gasteiger partial charge in [-0.3, -0.25) is 9.59 Å². The quantitative estimate of drug-likeness (QED) is 0.386. The van der Waals surface area contributed by atoms with Crippen LogP contribution in [-0.4, -0.2) is 33.5 Å². The number of halogens is 1. The first kappa shape index (κ1) is 20.9. The van der Waals surface area contributed by atoms with Crippen LogP contribution >= 0.6 is 34.7 Å². The Balaban J connectivity index is 1.66. The van der Waals surface area contributed by atoms with Gasteiger partial charge in [0, 0.05) is 29.9 Å². The number of fused-ring (bicyclic) bond motifs is 1. The Morgan fingerprint density at radius 3 is 2.86 bits per heavy atom. The maximum Gasteiger partial charge on any atom is 0.216 e. The molecular weight excluding hydrogens is 414 g/mol. The molecule has 0 saturated heterocycles. The molecule has 1 amide bonds. The number of thioether (sulfide) groups is 1. The van der Waals surface area contributed by atoms with Crippen molar-refractivity contribution in [1.82, 2.24) is 14.9 Å². The molecule has 0 unspecified atom stereocenters. The van der Waals surface area contributed by atoms with Gasteiger partial charge in [0.05, 0.1) is 21.7 Å². The summed E-state index contributed by atoms with van der Waals surface area (Å²) in [7, 11) is 0. The Morgan fingerprint density at radius 1 is 1.29 bits per heavy atom. The minimum Gasteiger partial charge on any atom is -0.356 e. The number of ketones is 1. The van der Waals surface area contributed by atoms with Crippen molar-refractivity contribution in [3.63, 3.8) is 0 Å². The van der Waals surface area contributed by atoms with Gasteiger partial charge >= 0.3 is 0 Å². The maximum atomic E-state index is 12.6. The molecule has 3 rings (SSSR count). The Hall–Kier alpha value is -1.83. The van der Waals surface area contributed by atoms with Crippen molar-refractivity contribution >= 4 is 57.4 Å². The van der Waals surface area contributed by atoms with E-state index in [1.54, 1.807) is 0 Å². The van der Waals surface area contributed by atoms with E-state index in [2.05, 4.69) is 21.8 Å². The third kappa shape index (κ3) is 5.16. The summed E-state index contributed by atoms with van der Waals surface area (Å²) >= 11 is 9.04. The van der Waals surface area contributed by atoms with E-state index in [0.717, 1.165) is 45.3 Å². The van der Waals surface area contributed by atoms with E-state index >= 15 is 0 Å². The molecule has 8 heteroatoms. The number of hydrogen-bond acceptors (Lipinski definition) is 5. The highest BCUT2D eigenvalue weighted by molar-refractivity contribution is 7.99. The highest BCUT2D eigenvalue weighted by Crippen LogP contribution is 2.28. The number of thiophene rings is 1. The molecule has 3 aromatic rings. The standard InChI is InChI=1S/C20H22ClN3O2S2/c1-3-10-24-17-6-4-14(21)11-16(17)23-20(24)27-12-18(26)19-7-5-15(28-19)8-9-22-13(2)25/h4-7,11H,3,8-10,12H2,1-2H3,(H,22,25). The number of aromatic nitrogens is 2. The van der Waals surface area contributed by atoms with Gasteiger partial charge in [-0.15, -0.1) is 11.3 Å². The zero-order valence-corrected chi connectivity index (χ0v) is 18.2. The number of benzene rings is 1. The molecule has 5 nitrogen and oxygen atoms in total. The SMILES string of the molecule is CCCn1c(SCC(=O)c2ccc(CCNC(C)=O)s2)nc2cc(Cl)ccc21. The third-order valence-electron chi connectivity index (χ3n) is 4.14. The Morgan fingerprint density at radius 2 is 2.11 bits per heavy atom. The van der Waals surface area contributed by atoms with E-state index in [4.69, 9.17) is 11.6 Å². The zero-order chi connectivity index (χ0) is 20.1. The smallest absolute Gasteiger partial charge is 0.216 e. The number of hydrogen-bond donors (Lipinski definition) is 1. The molecule has 28 heavy (non-hydrogen) atoms. The first-order valence-electron chi connectivity index (χ1n) is 9.13. The minimum atomic E-state index is -0.0412. The first-order valence-corrected chi connectivity index (χ1v) is 11.3. The molecule has 0 fully saturated rings. The molecule has 0 aliphatic rings. The largest absolute Gasteiger partial charge is 0.356 e. The topological polar surface area (TPSA) is 64.0 Å². The van der Waals surface area contributed by atoms with Gasteiger partial charge in [0.2, 0.25) is 5.91 Å². The molecule has 1 N–H and O–H groups in total. The van der Waals surface area contributed by atoms with E-state index < -0.39 is 0 Å². The van der Waals surface area contributed by atoms with Gasteiger partial charge in [0.25, 0.3) is 0 Å². The van der Waals surface area contributed by atoms with Crippen LogP contribution in [0.4, 0.5) is 0 Å². The van der Waals surface area contributed by atoms with E-state index in [0.29, 0.717) is 17.3 Å². The molecule has 0 bridgehead atoms. The van der Waals surface area contributed by atoms with Crippen molar-refractivity contribution in [2.75, 3.05) is 12.3 Å². The van der Waals surface area contributed by atoms with Gasteiger partial charge in [-0.25, -0.2) is 4.98 Å². The molecule has 148 valence electrons. The predicted octanol–water partition coefficient (Wildman–Crippen LogP) is 4.81. The number of carbonyl (C=O) groups excluding carboxylic acids is 2. The number of nitrogens with zero attached hydrogens (tertiary/aromatic N) is 2. The molecule has 0 aliphatic heterocycles. The molecule has 0 saturated carbocycles. The highest BCUT2D eigenvalue weighted by atomic mass is 35.5. The lowest BCUT2D eigenvalue weighted by molar-refractivity contribution is -0.118. The summed E-state index contributed by atoms with van der Waals surface area (Å²) in [6, 6.07) is 9.53. The fourth-order valence-electron chi connectivity index (χ4n) is 2.86. The van der Waals surface area contributed by atoms with Gasteiger partial charge < -0.3 is 9.88 Å². The lowest BCUT2D eigenvalue weighted by Gasteiger charge is -2.06. The van der Waals surface area contributed by atoms with Crippen LogP contribution in [0.25, 0.3) is 11.0 Å². The number of rotatable bonds is 9. The van der Waals surface area contributed by atoms with Crippen LogP contribution in [0.3, 0.4) is 0 Å². The van der Waals surface area contributed by atoms with Crippen molar-refractivity contribution in [2.45, 2.75) is 38.4 Å². The lowest BCUT2D eigenvalue weighted by Crippen LogP contribution is -2.22. The second kappa shape index (κ2) is 9.58. The van der Waals surface area contributed by atoms with Crippen LogP contribution in [0.2, 0.25) is 5.02 Å². The molecule has 1 aromatic carbocycles. The van der Waals surface area contributed by atoms with E-state index in [1.165, 1.54) is 30.0 Å². The van der Waals surface area contributed by atoms with Crippen molar-refractivity contribution in [1.29, 1.82) is 0 Å². The first-order chi connectivity index (χ1) is 13.5. The molecule has 0 radical (unpaired) electrons. The fourth-order valence-corrected chi connectivity index (χ4v) is 4.98. The van der Waals surface area contributed by atoms with Crippen molar-refractivity contribution in [3.8, 4) is 0 Å². The summed E-state index contributed by atoms with van der Waals surface area (Å²) in [5, 5.41) is 4.27. The van der Waals surface area contributed by atoms with Gasteiger partial charge in [-0.2, -0.15) is 0 Å². The molecule has 0 spiro atoms. The third-order valence-corrected chi connectivity index (χ3v) is 6.53. The maximum absolute atomic E-state index is 12.6. The van der Waals surface area contributed by atoms with Crippen molar-refractivity contribution in [2.24, 2.45) is 0 Å². The van der Waals surface area contributed by atoms with Crippen LogP contribution in [0.1, 0.15) is 34.8 Å². The second-order valence-electron chi connectivity index (χ2n) is 6.39. The Labute approximate surface area is 177 Å². The molecule has 2 aromatic heterocycles. The Kier molecular flexibility index (Phi) is 7.15. The zero-order valence-electron chi connectivity index (χ0n) is 15.8. The summed E-state index contributed by atoms with van der Waals surface area (Å²) < 4.78 is 2.15. The number of amides is 1. The number of nitrogens with one attached hydrogen (secondary N) is 1. The van der Waals surface area contributed by atoms with Crippen LogP contribution < -0.4 is 5.32 Å². The van der Waals surface area contributed by atoms with Crippen LogP contribution in [0.15, 0.2) is 35.5 Å². The summed E-state index contributed by atoms with van der Waals surface area (Å²) in [5.41, 5.74) is 1.89. The monoisotopic (exact) mass is 435 g/mol. The summed E-state index contributed by atoms with van der Waals surface area (Å²) in [6.45, 7) is 5.05. The van der Waals surface area contributed by atoms with Gasteiger partial charge in [0.1, 0.15) is 0 Å². The molecule has 0 aliphatic carbocycles. The van der Waals surface area contributed by atoms with Crippen LogP contribution in [-0.2, 0) is 17.8 Å². The van der Waals surface area contributed by atoms with Crippen molar-refractivity contribution in [3.05, 3.63) is 45.1 Å². The van der Waals surface area contributed by atoms with E-state index in [9.17, 15) is 9.59 Å². The van der Waals surface area contributed by atoms with E-state index in [1.807, 2.05) is 30.3 Å². The lowest BCUT2D eigenvalue weighted by atomic mass is 10.3.